The van der Waals surface area contributed by atoms with E-state index in [0.717, 1.165) is 45.1 Å². The quantitative estimate of drug-likeness (QED) is 0.788. The van der Waals surface area contributed by atoms with Gasteiger partial charge >= 0.3 is 0 Å². The maximum atomic E-state index is 13.5. The summed E-state index contributed by atoms with van der Waals surface area (Å²) in [5.74, 6) is -0.110. The number of benzene rings is 2. The van der Waals surface area contributed by atoms with E-state index in [1.165, 1.54) is 11.1 Å². The van der Waals surface area contributed by atoms with Crippen LogP contribution in [0.3, 0.4) is 0 Å². The molecule has 2 aromatic carbocycles. The van der Waals surface area contributed by atoms with Crippen LogP contribution in [0.5, 0.6) is 0 Å². The number of nitrogens with zero attached hydrogens (tertiary/aromatic N) is 1. The smallest absolute Gasteiger partial charge is 0.254 e. The molecule has 5 heteroatoms. The summed E-state index contributed by atoms with van der Waals surface area (Å²) in [5.41, 5.74) is 3.67. The summed E-state index contributed by atoms with van der Waals surface area (Å²) in [6.07, 6.45) is 5.53. The number of amides is 2. The van der Waals surface area contributed by atoms with Crippen LogP contribution in [0, 0.1) is 6.92 Å². The fraction of sp³-hybridized carbons (Fsp3) is 0.440. The zero-order chi connectivity index (χ0) is 20.9. The number of hydrogen-bond acceptors (Lipinski definition) is 3. The van der Waals surface area contributed by atoms with Gasteiger partial charge in [-0.1, -0.05) is 48.7 Å². The van der Waals surface area contributed by atoms with Crippen LogP contribution in [-0.4, -0.2) is 36.0 Å². The highest BCUT2D eigenvalue weighted by Gasteiger charge is 2.28. The SMILES string of the molecule is Cc1cccc([C@H]2CCCCCN2C(=O)c2cccc(NC(=O)[C@H]3CCCO3)c2)c1. The first-order valence-electron chi connectivity index (χ1n) is 11.0. The van der Waals surface area contributed by atoms with Gasteiger partial charge in [0.1, 0.15) is 6.10 Å². The molecule has 4 rings (SSSR count). The zero-order valence-corrected chi connectivity index (χ0v) is 17.6. The summed E-state index contributed by atoms with van der Waals surface area (Å²) >= 11 is 0. The maximum absolute atomic E-state index is 13.5. The van der Waals surface area contributed by atoms with Gasteiger partial charge in [0, 0.05) is 24.4 Å². The van der Waals surface area contributed by atoms with Crippen molar-refractivity contribution in [2.45, 2.75) is 57.6 Å². The lowest BCUT2D eigenvalue weighted by molar-refractivity contribution is -0.124. The van der Waals surface area contributed by atoms with Gasteiger partial charge in [-0.25, -0.2) is 0 Å². The van der Waals surface area contributed by atoms with Crippen LogP contribution in [0.4, 0.5) is 5.69 Å². The second kappa shape index (κ2) is 9.43. The van der Waals surface area contributed by atoms with E-state index in [4.69, 9.17) is 4.74 Å². The number of carbonyl (C=O) groups excluding carboxylic acids is 2. The minimum Gasteiger partial charge on any atom is -0.368 e. The molecular weight excluding hydrogens is 376 g/mol. The highest BCUT2D eigenvalue weighted by molar-refractivity contribution is 5.98. The Balaban J connectivity index is 1.54. The minimum absolute atomic E-state index is 0.0246. The van der Waals surface area contributed by atoms with Gasteiger partial charge in [0.15, 0.2) is 0 Å². The van der Waals surface area contributed by atoms with Gasteiger partial charge in [0.2, 0.25) is 0 Å². The molecule has 2 fully saturated rings. The Labute approximate surface area is 178 Å². The standard InChI is InChI=1S/C25H30N2O3/c1-18-8-5-9-19(16-18)22-12-3-2-4-14-27(22)25(29)20-10-6-11-21(17-20)26-24(28)23-13-7-15-30-23/h5-6,8-11,16-17,22-23H,2-4,7,12-15H2,1H3,(H,26,28)/t22-,23-/m1/s1. The van der Waals surface area contributed by atoms with Crippen LogP contribution in [0.2, 0.25) is 0 Å². The fourth-order valence-electron chi connectivity index (χ4n) is 4.48. The van der Waals surface area contributed by atoms with Gasteiger partial charge in [0.25, 0.3) is 11.8 Å². The van der Waals surface area contributed by atoms with E-state index < -0.39 is 0 Å². The van der Waals surface area contributed by atoms with Crippen LogP contribution in [-0.2, 0) is 9.53 Å². The van der Waals surface area contributed by atoms with Crippen molar-refractivity contribution < 1.29 is 14.3 Å². The lowest BCUT2D eigenvalue weighted by Gasteiger charge is -2.31. The normalized spacial score (nSPS) is 21.8. The van der Waals surface area contributed by atoms with E-state index in [2.05, 4.69) is 36.5 Å². The van der Waals surface area contributed by atoms with Crippen molar-refractivity contribution in [3.8, 4) is 0 Å². The molecule has 2 atom stereocenters. The first kappa shape index (κ1) is 20.6. The van der Waals surface area contributed by atoms with E-state index in [0.29, 0.717) is 17.9 Å². The molecule has 2 aromatic rings. The summed E-state index contributed by atoms with van der Waals surface area (Å²) in [7, 11) is 0. The van der Waals surface area contributed by atoms with Crippen LogP contribution >= 0.6 is 0 Å². The molecular formula is C25H30N2O3. The van der Waals surface area contributed by atoms with Gasteiger partial charge in [-0.15, -0.1) is 0 Å². The van der Waals surface area contributed by atoms with E-state index in [-0.39, 0.29) is 24.0 Å². The lowest BCUT2D eigenvalue weighted by Crippen LogP contribution is -2.35. The average Bonchev–Trinajstić information content (AvgIpc) is 3.18. The number of nitrogens with one attached hydrogen (secondary N) is 1. The second-order valence-corrected chi connectivity index (χ2v) is 8.35. The van der Waals surface area contributed by atoms with Gasteiger partial charge in [-0.05, 0) is 56.4 Å². The summed E-state index contributed by atoms with van der Waals surface area (Å²) in [4.78, 5) is 27.9. The molecule has 2 aliphatic rings. The zero-order valence-electron chi connectivity index (χ0n) is 17.6. The number of hydrogen-bond donors (Lipinski definition) is 1. The highest BCUT2D eigenvalue weighted by atomic mass is 16.5. The maximum Gasteiger partial charge on any atom is 0.254 e. The monoisotopic (exact) mass is 406 g/mol. The number of aryl methyl sites for hydroxylation is 1. The Morgan fingerprint density at radius 3 is 2.67 bits per heavy atom. The molecule has 5 nitrogen and oxygen atoms in total. The summed E-state index contributed by atoms with van der Waals surface area (Å²) in [6, 6.07) is 15.8. The Hall–Kier alpha value is -2.66. The third-order valence-corrected chi connectivity index (χ3v) is 6.04. The molecule has 0 saturated carbocycles. The predicted octanol–water partition coefficient (Wildman–Crippen LogP) is 4.87. The summed E-state index contributed by atoms with van der Waals surface area (Å²) < 4.78 is 5.46. The van der Waals surface area contributed by atoms with Crippen LogP contribution in [0.25, 0.3) is 0 Å². The van der Waals surface area contributed by atoms with Gasteiger partial charge in [0.05, 0.1) is 6.04 Å². The number of ether oxygens (including phenoxy) is 1. The fourth-order valence-corrected chi connectivity index (χ4v) is 4.48. The van der Waals surface area contributed by atoms with Gasteiger partial charge < -0.3 is 15.0 Å². The molecule has 1 N–H and O–H groups in total. The molecule has 158 valence electrons. The van der Waals surface area contributed by atoms with Gasteiger partial charge in [-0.3, -0.25) is 9.59 Å². The van der Waals surface area contributed by atoms with Crippen molar-refractivity contribution in [1.29, 1.82) is 0 Å². The van der Waals surface area contributed by atoms with Crippen molar-refractivity contribution in [2.75, 3.05) is 18.5 Å². The highest BCUT2D eigenvalue weighted by Crippen LogP contribution is 2.32. The first-order valence-corrected chi connectivity index (χ1v) is 11.0. The topological polar surface area (TPSA) is 58.6 Å². The molecule has 30 heavy (non-hydrogen) atoms. The van der Waals surface area contributed by atoms with Crippen molar-refractivity contribution >= 4 is 17.5 Å². The summed E-state index contributed by atoms with van der Waals surface area (Å²) in [6.45, 7) is 3.47. The van der Waals surface area contributed by atoms with Crippen LogP contribution < -0.4 is 5.32 Å². The number of anilines is 1. The van der Waals surface area contributed by atoms with Crippen LogP contribution in [0.1, 0.15) is 66.1 Å². The van der Waals surface area contributed by atoms with E-state index in [1.807, 2.05) is 23.1 Å². The average molecular weight is 407 g/mol. The molecule has 2 saturated heterocycles. The van der Waals surface area contributed by atoms with Crippen LogP contribution in [0.15, 0.2) is 48.5 Å². The molecule has 2 aliphatic heterocycles. The molecule has 0 unspecified atom stereocenters. The summed E-state index contributed by atoms with van der Waals surface area (Å²) in [5, 5.41) is 2.91. The Bertz CT molecular complexity index is 905. The van der Waals surface area contributed by atoms with Crippen molar-refractivity contribution in [2.24, 2.45) is 0 Å². The largest absolute Gasteiger partial charge is 0.368 e. The molecule has 0 bridgehead atoms. The van der Waals surface area contributed by atoms with Gasteiger partial charge in [-0.2, -0.15) is 0 Å². The Morgan fingerprint density at radius 1 is 1.00 bits per heavy atom. The number of carbonyl (C=O) groups is 2. The number of likely N-dealkylation sites (tertiary alicyclic amines) is 1. The molecule has 2 amide bonds. The molecule has 0 spiro atoms. The molecule has 0 radical (unpaired) electrons. The van der Waals surface area contributed by atoms with Crippen molar-refractivity contribution in [1.82, 2.24) is 4.90 Å². The second-order valence-electron chi connectivity index (χ2n) is 8.35. The first-order chi connectivity index (χ1) is 14.6. The Kier molecular flexibility index (Phi) is 6.48. The molecule has 0 aliphatic carbocycles. The Morgan fingerprint density at radius 2 is 1.87 bits per heavy atom. The predicted molar refractivity (Wildman–Crippen MR) is 117 cm³/mol. The molecule has 0 aromatic heterocycles. The van der Waals surface area contributed by atoms with E-state index in [9.17, 15) is 9.59 Å². The van der Waals surface area contributed by atoms with Crippen molar-refractivity contribution in [3.63, 3.8) is 0 Å². The third kappa shape index (κ3) is 4.73. The minimum atomic E-state index is -0.388. The lowest BCUT2D eigenvalue weighted by atomic mass is 9.98. The number of rotatable bonds is 4. The van der Waals surface area contributed by atoms with E-state index in [1.54, 1.807) is 6.07 Å². The van der Waals surface area contributed by atoms with Crippen molar-refractivity contribution in [3.05, 3.63) is 65.2 Å². The third-order valence-electron chi connectivity index (χ3n) is 6.04. The van der Waals surface area contributed by atoms with E-state index >= 15 is 0 Å². The molecule has 2 heterocycles.